The Morgan fingerprint density at radius 2 is 2.00 bits per heavy atom. The standard InChI is InChI=1S/C16H24N2O2S/c1-5-10-18(6-2)21(19,20)13-16-9-7-8-15(11-16)12-17-14(3)4/h1,7-9,11,14,17H,6,10,12-13H2,2-4H3. The van der Waals surface area contributed by atoms with Crippen LogP contribution in [0.25, 0.3) is 0 Å². The molecule has 0 aliphatic carbocycles. The molecule has 0 saturated carbocycles. The van der Waals surface area contributed by atoms with Crippen LogP contribution < -0.4 is 5.32 Å². The number of hydrogen-bond donors (Lipinski definition) is 1. The quantitative estimate of drug-likeness (QED) is 0.747. The SMILES string of the molecule is C#CCN(CC)S(=O)(=O)Cc1cccc(CNC(C)C)c1. The van der Waals surface area contributed by atoms with E-state index in [1.807, 2.05) is 24.3 Å². The third-order valence-corrected chi connectivity index (χ3v) is 4.94. The van der Waals surface area contributed by atoms with Gasteiger partial charge in [0.1, 0.15) is 0 Å². The molecule has 0 aliphatic heterocycles. The van der Waals surface area contributed by atoms with Crippen molar-refractivity contribution in [2.75, 3.05) is 13.1 Å². The maximum Gasteiger partial charge on any atom is 0.219 e. The summed E-state index contributed by atoms with van der Waals surface area (Å²) in [6.07, 6.45) is 5.22. The second kappa shape index (κ2) is 8.18. The average molecular weight is 308 g/mol. The zero-order valence-electron chi connectivity index (χ0n) is 13.0. The molecule has 1 rings (SSSR count). The molecule has 0 aromatic heterocycles. The Morgan fingerprint density at radius 1 is 1.33 bits per heavy atom. The van der Waals surface area contributed by atoms with Gasteiger partial charge in [-0.1, -0.05) is 51.0 Å². The molecule has 116 valence electrons. The lowest BCUT2D eigenvalue weighted by Crippen LogP contribution is -2.32. The van der Waals surface area contributed by atoms with Gasteiger partial charge in [-0.15, -0.1) is 6.42 Å². The monoisotopic (exact) mass is 308 g/mol. The highest BCUT2D eigenvalue weighted by Gasteiger charge is 2.20. The molecule has 0 amide bonds. The molecule has 0 aliphatic rings. The number of benzene rings is 1. The van der Waals surface area contributed by atoms with Gasteiger partial charge >= 0.3 is 0 Å². The minimum Gasteiger partial charge on any atom is -0.310 e. The fourth-order valence-corrected chi connectivity index (χ4v) is 3.41. The first-order valence-corrected chi connectivity index (χ1v) is 8.72. The van der Waals surface area contributed by atoms with E-state index in [2.05, 4.69) is 25.1 Å². The number of terminal acetylenes is 1. The summed E-state index contributed by atoms with van der Waals surface area (Å²) < 4.78 is 26.0. The molecule has 1 N–H and O–H groups in total. The molecular formula is C16H24N2O2S. The van der Waals surface area contributed by atoms with Crippen molar-refractivity contribution in [3.8, 4) is 12.3 Å². The Hall–Kier alpha value is -1.35. The largest absolute Gasteiger partial charge is 0.310 e. The van der Waals surface area contributed by atoms with Crippen LogP contribution in [0.1, 0.15) is 31.9 Å². The Balaban J connectivity index is 2.82. The average Bonchev–Trinajstić information content (AvgIpc) is 2.42. The number of hydrogen-bond acceptors (Lipinski definition) is 3. The van der Waals surface area contributed by atoms with Crippen LogP contribution >= 0.6 is 0 Å². The van der Waals surface area contributed by atoms with Gasteiger partial charge in [0.25, 0.3) is 0 Å². The van der Waals surface area contributed by atoms with E-state index in [1.54, 1.807) is 6.92 Å². The Bertz CT molecular complexity index is 589. The topological polar surface area (TPSA) is 49.4 Å². The van der Waals surface area contributed by atoms with Crippen LogP contribution in [0.5, 0.6) is 0 Å². The molecule has 0 heterocycles. The molecule has 5 heteroatoms. The van der Waals surface area contributed by atoms with Gasteiger partial charge < -0.3 is 5.32 Å². The van der Waals surface area contributed by atoms with Crippen LogP contribution in [-0.4, -0.2) is 31.9 Å². The molecular weight excluding hydrogens is 284 g/mol. The Kier molecular flexibility index (Phi) is 6.90. The Morgan fingerprint density at radius 3 is 2.57 bits per heavy atom. The zero-order chi connectivity index (χ0) is 15.9. The van der Waals surface area contributed by atoms with Gasteiger partial charge in [-0.2, -0.15) is 4.31 Å². The molecule has 1 aromatic rings. The summed E-state index contributed by atoms with van der Waals surface area (Å²) in [5.74, 6) is 2.38. The van der Waals surface area contributed by atoms with Gasteiger partial charge in [0.15, 0.2) is 0 Å². The Labute approximate surface area is 128 Å². The molecule has 0 unspecified atom stereocenters. The first-order valence-electron chi connectivity index (χ1n) is 7.11. The van der Waals surface area contributed by atoms with Crippen LogP contribution in [0.2, 0.25) is 0 Å². The highest BCUT2D eigenvalue weighted by molar-refractivity contribution is 7.88. The second-order valence-corrected chi connectivity index (χ2v) is 7.21. The molecule has 0 spiro atoms. The van der Waals surface area contributed by atoms with Gasteiger partial charge in [-0.3, -0.25) is 0 Å². The summed E-state index contributed by atoms with van der Waals surface area (Å²) in [6.45, 7) is 7.18. The zero-order valence-corrected chi connectivity index (χ0v) is 13.8. The van der Waals surface area contributed by atoms with Gasteiger partial charge in [0.2, 0.25) is 10.0 Å². The van der Waals surface area contributed by atoms with Crippen molar-refractivity contribution in [3.05, 3.63) is 35.4 Å². The normalized spacial score (nSPS) is 11.8. The third-order valence-electron chi connectivity index (χ3n) is 3.07. The van der Waals surface area contributed by atoms with Crippen molar-refractivity contribution in [2.24, 2.45) is 0 Å². The maximum absolute atomic E-state index is 12.3. The van der Waals surface area contributed by atoms with E-state index in [0.29, 0.717) is 12.6 Å². The first kappa shape index (κ1) is 17.7. The van der Waals surface area contributed by atoms with Crippen molar-refractivity contribution in [2.45, 2.75) is 39.1 Å². The number of rotatable bonds is 8. The number of sulfonamides is 1. The van der Waals surface area contributed by atoms with Crippen molar-refractivity contribution < 1.29 is 8.42 Å². The van der Waals surface area contributed by atoms with E-state index in [1.165, 1.54) is 4.31 Å². The van der Waals surface area contributed by atoms with Gasteiger partial charge in [0.05, 0.1) is 12.3 Å². The predicted molar refractivity (Wildman–Crippen MR) is 87.1 cm³/mol. The van der Waals surface area contributed by atoms with E-state index >= 15 is 0 Å². The molecule has 21 heavy (non-hydrogen) atoms. The van der Waals surface area contributed by atoms with Crippen molar-refractivity contribution in [1.82, 2.24) is 9.62 Å². The summed E-state index contributed by atoms with van der Waals surface area (Å²) in [5, 5.41) is 3.32. The molecule has 4 nitrogen and oxygen atoms in total. The van der Waals surface area contributed by atoms with E-state index in [4.69, 9.17) is 6.42 Å². The smallest absolute Gasteiger partial charge is 0.219 e. The van der Waals surface area contributed by atoms with Gasteiger partial charge in [-0.05, 0) is 11.1 Å². The summed E-state index contributed by atoms with van der Waals surface area (Å²) in [4.78, 5) is 0. The third kappa shape index (κ3) is 5.88. The summed E-state index contributed by atoms with van der Waals surface area (Å²) in [5.41, 5.74) is 1.87. The predicted octanol–water partition coefficient (Wildman–Crippen LogP) is 1.97. The molecule has 0 bridgehead atoms. The minimum atomic E-state index is -3.37. The van der Waals surface area contributed by atoms with Crippen LogP contribution in [0.15, 0.2) is 24.3 Å². The lowest BCUT2D eigenvalue weighted by molar-refractivity contribution is 0.463. The highest BCUT2D eigenvalue weighted by atomic mass is 32.2. The van der Waals surface area contributed by atoms with Crippen molar-refractivity contribution >= 4 is 10.0 Å². The van der Waals surface area contributed by atoms with Crippen molar-refractivity contribution in [3.63, 3.8) is 0 Å². The summed E-state index contributed by atoms with van der Waals surface area (Å²) in [7, 11) is -3.37. The maximum atomic E-state index is 12.3. The summed E-state index contributed by atoms with van der Waals surface area (Å²) in [6, 6.07) is 8.03. The lowest BCUT2D eigenvalue weighted by atomic mass is 10.1. The first-order chi connectivity index (χ1) is 9.89. The molecule has 1 aromatic carbocycles. The van der Waals surface area contributed by atoms with E-state index in [-0.39, 0.29) is 12.3 Å². The van der Waals surface area contributed by atoms with Crippen LogP contribution in [0, 0.1) is 12.3 Å². The molecule has 0 saturated heterocycles. The van der Waals surface area contributed by atoms with E-state index in [0.717, 1.165) is 17.7 Å². The lowest BCUT2D eigenvalue weighted by Gasteiger charge is -2.18. The number of nitrogens with zero attached hydrogens (tertiary/aromatic N) is 1. The molecule has 0 fully saturated rings. The fraction of sp³-hybridized carbons (Fsp3) is 0.500. The summed E-state index contributed by atoms with van der Waals surface area (Å²) >= 11 is 0. The van der Waals surface area contributed by atoms with Crippen LogP contribution in [0.4, 0.5) is 0 Å². The fourth-order valence-electron chi connectivity index (χ4n) is 1.96. The molecule has 0 atom stereocenters. The van der Waals surface area contributed by atoms with Gasteiger partial charge in [-0.25, -0.2) is 8.42 Å². The van der Waals surface area contributed by atoms with Gasteiger partial charge in [0, 0.05) is 19.1 Å². The molecule has 0 radical (unpaired) electrons. The van der Waals surface area contributed by atoms with E-state index < -0.39 is 10.0 Å². The highest BCUT2D eigenvalue weighted by Crippen LogP contribution is 2.12. The van der Waals surface area contributed by atoms with Crippen LogP contribution in [0.3, 0.4) is 0 Å². The van der Waals surface area contributed by atoms with E-state index in [9.17, 15) is 8.42 Å². The van der Waals surface area contributed by atoms with Crippen molar-refractivity contribution in [1.29, 1.82) is 0 Å². The van der Waals surface area contributed by atoms with Crippen LogP contribution in [-0.2, 0) is 22.3 Å². The minimum absolute atomic E-state index is 0.0158. The second-order valence-electron chi connectivity index (χ2n) is 5.24. The number of nitrogens with one attached hydrogen (secondary N) is 1.